The molecule has 0 radical (unpaired) electrons. The lowest BCUT2D eigenvalue weighted by Crippen LogP contribution is -2.16. The normalized spacial score (nSPS) is 11.8. The SMILES string of the molecule is COc1ccc2nc3ccccc3c(NCCCS(=O)(=O)CCO)c2c1. The number of nitrogens with one attached hydrogen (secondary N) is 1. The number of aliphatic hydroxyl groups is 1. The number of aromatic nitrogens is 1. The van der Waals surface area contributed by atoms with E-state index in [0.717, 1.165) is 33.2 Å². The van der Waals surface area contributed by atoms with Gasteiger partial charge in [0.15, 0.2) is 9.84 Å². The van der Waals surface area contributed by atoms with Crippen LogP contribution < -0.4 is 10.1 Å². The molecule has 3 aromatic rings. The average Bonchev–Trinajstić information content (AvgIpc) is 2.64. The van der Waals surface area contributed by atoms with E-state index in [1.165, 1.54) is 0 Å². The summed E-state index contributed by atoms with van der Waals surface area (Å²) < 4.78 is 28.8. The minimum Gasteiger partial charge on any atom is -0.497 e. The summed E-state index contributed by atoms with van der Waals surface area (Å²) in [5, 5.41) is 14.1. The van der Waals surface area contributed by atoms with Crippen molar-refractivity contribution in [1.82, 2.24) is 4.98 Å². The van der Waals surface area contributed by atoms with Gasteiger partial charge in [-0.2, -0.15) is 0 Å². The Balaban J connectivity index is 1.91. The molecular weight excluding hydrogens is 352 g/mol. The maximum Gasteiger partial charge on any atom is 0.152 e. The molecule has 0 spiro atoms. The van der Waals surface area contributed by atoms with Gasteiger partial charge in [-0.05, 0) is 30.7 Å². The number of aliphatic hydroxyl groups excluding tert-OH is 1. The molecule has 0 bridgehead atoms. The highest BCUT2D eigenvalue weighted by molar-refractivity contribution is 7.91. The van der Waals surface area contributed by atoms with Gasteiger partial charge in [0, 0.05) is 17.3 Å². The predicted molar refractivity (Wildman–Crippen MR) is 105 cm³/mol. The molecule has 0 saturated heterocycles. The quantitative estimate of drug-likeness (QED) is 0.465. The fourth-order valence-electron chi connectivity index (χ4n) is 2.93. The van der Waals surface area contributed by atoms with Crippen LogP contribution in [0.5, 0.6) is 5.75 Å². The molecule has 0 aliphatic heterocycles. The number of pyridine rings is 1. The molecule has 6 nitrogen and oxygen atoms in total. The Labute approximate surface area is 152 Å². The minimum atomic E-state index is -3.20. The molecule has 138 valence electrons. The van der Waals surface area contributed by atoms with E-state index >= 15 is 0 Å². The van der Waals surface area contributed by atoms with Crippen LogP contribution in [-0.2, 0) is 9.84 Å². The van der Waals surface area contributed by atoms with E-state index in [-0.39, 0.29) is 18.1 Å². The molecule has 3 rings (SSSR count). The summed E-state index contributed by atoms with van der Waals surface area (Å²) in [4.78, 5) is 4.69. The summed E-state index contributed by atoms with van der Waals surface area (Å²) in [6.07, 6.45) is 0.463. The van der Waals surface area contributed by atoms with Gasteiger partial charge < -0.3 is 15.2 Å². The van der Waals surface area contributed by atoms with Crippen LogP contribution in [0.25, 0.3) is 21.8 Å². The molecule has 0 fully saturated rings. The van der Waals surface area contributed by atoms with Crippen LogP contribution in [0, 0.1) is 0 Å². The van der Waals surface area contributed by atoms with Crippen LogP contribution in [-0.4, -0.2) is 50.3 Å². The van der Waals surface area contributed by atoms with E-state index in [1.54, 1.807) is 7.11 Å². The van der Waals surface area contributed by atoms with Gasteiger partial charge in [0.1, 0.15) is 5.75 Å². The zero-order valence-electron chi connectivity index (χ0n) is 14.6. The largest absolute Gasteiger partial charge is 0.497 e. The van der Waals surface area contributed by atoms with Crippen LogP contribution in [0.2, 0.25) is 0 Å². The second-order valence-electron chi connectivity index (χ2n) is 6.04. The first kappa shape index (κ1) is 18.4. The Morgan fingerprint density at radius 3 is 2.62 bits per heavy atom. The highest BCUT2D eigenvalue weighted by Crippen LogP contribution is 2.32. The van der Waals surface area contributed by atoms with E-state index in [4.69, 9.17) is 9.84 Å². The number of hydrogen-bond acceptors (Lipinski definition) is 6. The average molecular weight is 374 g/mol. The van der Waals surface area contributed by atoms with Crippen molar-refractivity contribution >= 4 is 37.3 Å². The smallest absolute Gasteiger partial charge is 0.152 e. The van der Waals surface area contributed by atoms with Gasteiger partial charge in [0.25, 0.3) is 0 Å². The molecule has 0 aliphatic rings. The lowest BCUT2D eigenvalue weighted by atomic mass is 10.1. The molecular formula is C19H22N2O4S. The van der Waals surface area contributed by atoms with Gasteiger partial charge in [-0.1, -0.05) is 18.2 Å². The molecule has 26 heavy (non-hydrogen) atoms. The highest BCUT2D eigenvalue weighted by Gasteiger charge is 2.12. The number of anilines is 1. The van der Waals surface area contributed by atoms with Crippen LogP contribution in [0.1, 0.15) is 6.42 Å². The highest BCUT2D eigenvalue weighted by atomic mass is 32.2. The molecule has 2 aromatic carbocycles. The summed E-state index contributed by atoms with van der Waals surface area (Å²) in [6.45, 7) is 0.167. The Hall–Kier alpha value is -2.38. The number of hydrogen-bond donors (Lipinski definition) is 2. The summed E-state index contributed by atoms with van der Waals surface area (Å²) in [6, 6.07) is 13.6. The standard InChI is InChI=1S/C19H22N2O4S/c1-25-14-7-8-18-16(13-14)19(15-5-2-3-6-17(15)21-18)20-9-4-11-26(23,24)12-10-22/h2-3,5-8,13,22H,4,9-12H2,1H3,(H,20,21). The van der Waals surface area contributed by atoms with Gasteiger partial charge in [-0.15, -0.1) is 0 Å². The zero-order chi connectivity index (χ0) is 18.6. The Morgan fingerprint density at radius 2 is 1.85 bits per heavy atom. The molecule has 0 atom stereocenters. The van der Waals surface area contributed by atoms with E-state index in [1.807, 2.05) is 42.5 Å². The van der Waals surface area contributed by atoms with Crippen molar-refractivity contribution in [2.75, 3.05) is 37.1 Å². The fourth-order valence-corrected chi connectivity index (χ4v) is 4.00. The maximum absolute atomic E-state index is 11.7. The van der Waals surface area contributed by atoms with Crippen molar-refractivity contribution in [3.05, 3.63) is 42.5 Å². The van der Waals surface area contributed by atoms with Gasteiger partial charge in [0.2, 0.25) is 0 Å². The number of methoxy groups -OCH3 is 1. The van der Waals surface area contributed by atoms with Gasteiger partial charge in [0.05, 0.1) is 41.9 Å². The predicted octanol–water partition coefficient (Wildman–Crippen LogP) is 2.61. The number of nitrogens with zero attached hydrogens (tertiary/aromatic N) is 1. The Morgan fingerprint density at radius 1 is 1.08 bits per heavy atom. The Bertz CT molecular complexity index is 1020. The van der Waals surface area contributed by atoms with Crippen LogP contribution in [0.4, 0.5) is 5.69 Å². The summed E-state index contributed by atoms with van der Waals surface area (Å²) in [5.41, 5.74) is 2.64. The van der Waals surface area contributed by atoms with Crippen LogP contribution in [0.3, 0.4) is 0 Å². The van der Waals surface area contributed by atoms with Crippen LogP contribution in [0.15, 0.2) is 42.5 Å². The second kappa shape index (κ2) is 7.88. The number of ether oxygens (including phenoxy) is 1. The first-order valence-corrected chi connectivity index (χ1v) is 10.3. The third-order valence-electron chi connectivity index (χ3n) is 4.22. The molecule has 0 saturated carbocycles. The van der Waals surface area contributed by atoms with Crippen molar-refractivity contribution in [1.29, 1.82) is 0 Å². The minimum absolute atomic E-state index is 0.0465. The molecule has 1 aromatic heterocycles. The third-order valence-corrected chi connectivity index (χ3v) is 5.94. The monoisotopic (exact) mass is 374 g/mol. The van der Waals surface area contributed by atoms with E-state index in [2.05, 4.69) is 10.3 Å². The number of sulfone groups is 1. The van der Waals surface area contributed by atoms with Crippen molar-refractivity contribution in [2.45, 2.75) is 6.42 Å². The summed E-state index contributed by atoms with van der Waals surface area (Å²) >= 11 is 0. The van der Waals surface area contributed by atoms with E-state index in [0.29, 0.717) is 13.0 Å². The van der Waals surface area contributed by atoms with Crippen molar-refractivity contribution in [3.8, 4) is 5.75 Å². The van der Waals surface area contributed by atoms with Gasteiger partial charge in [-0.25, -0.2) is 13.4 Å². The lowest BCUT2D eigenvalue weighted by Gasteiger charge is -2.14. The number of rotatable bonds is 8. The summed E-state index contributed by atoms with van der Waals surface area (Å²) in [5.74, 6) is 0.596. The molecule has 1 heterocycles. The molecule has 0 amide bonds. The molecule has 0 aliphatic carbocycles. The van der Waals surface area contributed by atoms with Crippen LogP contribution >= 0.6 is 0 Å². The molecule has 2 N–H and O–H groups in total. The number of para-hydroxylation sites is 1. The Kier molecular flexibility index (Phi) is 5.58. The first-order chi connectivity index (χ1) is 12.5. The first-order valence-electron chi connectivity index (χ1n) is 8.46. The zero-order valence-corrected chi connectivity index (χ0v) is 15.4. The van der Waals surface area contributed by atoms with Crippen molar-refractivity contribution in [2.24, 2.45) is 0 Å². The van der Waals surface area contributed by atoms with Gasteiger partial charge in [-0.3, -0.25) is 0 Å². The van der Waals surface area contributed by atoms with E-state index < -0.39 is 9.84 Å². The maximum atomic E-state index is 11.7. The number of fused-ring (bicyclic) bond motifs is 2. The molecule has 7 heteroatoms. The van der Waals surface area contributed by atoms with Crippen molar-refractivity contribution < 1.29 is 18.3 Å². The van der Waals surface area contributed by atoms with Gasteiger partial charge >= 0.3 is 0 Å². The third kappa shape index (κ3) is 4.05. The summed E-state index contributed by atoms with van der Waals surface area (Å²) in [7, 11) is -1.58. The molecule has 0 unspecified atom stereocenters. The van der Waals surface area contributed by atoms with Crippen molar-refractivity contribution in [3.63, 3.8) is 0 Å². The fraction of sp³-hybridized carbons (Fsp3) is 0.316. The number of benzene rings is 2. The van der Waals surface area contributed by atoms with E-state index in [9.17, 15) is 8.42 Å². The topological polar surface area (TPSA) is 88.5 Å². The lowest BCUT2D eigenvalue weighted by molar-refractivity contribution is 0.319. The second-order valence-corrected chi connectivity index (χ2v) is 8.35.